The highest BCUT2D eigenvalue weighted by Crippen LogP contribution is 2.16. The van der Waals surface area contributed by atoms with Crippen molar-refractivity contribution >= 4 is 34.6 Å². The number of nitrogens with one attached hydrogen (secondary N) is 1. The number of carbonyl (C=O) groups is 2. The van der Waals surface area contributed by atoms with Gasteiger partial charge in [-0.25, -0.2) is 9.13 Å². The van der Waals surface area contributed by atoms with Crippen LogP contribution in [0.4, 0.5) is 5.69 Å². The van der Waals surface area contributed by atoms with Gasteiger partial charge in [0, 0.05) is 11.3 Å². The summed E-state index contributed by atoms with van der Waals surface area (Å²) in [5.74, 6) is -0.190. The van der Waals surface area contributed by atoms with Gasteiger partial charge < -0.3 is 5.32 Å². The zero-order chi connectivity index (χ0) is 18.0. The van der Waals surface area contributed by atoms with Gasteiger partial charge in [-0.2, -0.15) is 0 Å². The second kappa shape index (κ2) is 6.73. The minimum atomic E-state index is -0.424. The standard InChI is InChI=1S/C20H19N3O2/c1-4-22-13-23(19-11-6-5-10-18(19)22)14(2)20(25)21-17-9-7-8-16(12-17)15(3)24/h4-14H,1H2,2-3H3/p+1/t14-/m0/s1. The van der Waals surface area contributed by atoms with E-state index in [-0.39, 0.29) is 11.7 Å². The first kappa shape index (κ1) is 16.6. The highest BCUT2D eigenvalue weighted by molar-refractivity contribution is 5.97. The summed E-state index contributed by atoms with van der Waals surface area (Å²) in [5, 5.41) is 2.88. The molecule has 5 nitrogen and oxygen atoms in total. The normalized spacial score (nSPS) is 11.9. The summed E-state index contributed by atoms with van der Waals surface area (Å²) in [7, 11) is 0. The van der Waals surface area contributed by atoms with Gasteiger partial charge in [-0.1, -0.05) is 30.8 Å². The molecule has 0 unspecified atom stereocenters. The molecule has 0 aliphatic rings. The number of fused-ring (bicyclic) bond motifs is 1. The third kappa shape index (κ3) is 3.21. The van der Waals surface area contributed by atoms with Crippen LogP contribution in [0.25, 0.3) is 17.2 Å². The number of anilines is 1. The third-order valence-corrected chi connectivity index (χ3v) is 4.22. The van der Waals surface area contributed by atoms with E-state index in [1.54, 1.807) is 30.5 Å². The predicted octanol–water partition coefficient (Wildman–Crippen LogP) is 3.43. The third-order valence-electron chi connectivity index (χ3n) is 4.22. The molecule has 0 fully saturated rings. The molecule has 126 valence electrons. The first-order valence-electron chi connectivity index (χ1n) is 8.06. The van der Waals surface area contributed by atoms with Crippen LogP contribution in [0.3, 0.4) is 0 Å². The van der Waals surface area contributed by atoms with Gasteiger partial charge in [-0.15, -0.1) is 0 Å². The minimum absolute atomic E-state index is 0.0347. The van der Waals surface area contributed by atoms with Crippen LogP contribution in [0.1, 0.15) is 30.2 Å². The number of hydrogen-bond donors (Lipinski definition) is 1. The first-order chi connectivity index (χ1) is 12.0. The van der Waals surface area contributed by atoms with Crippen molar-refractivity contribution in [1.29, 1.82) is 0 Å². The number of imidazole rings is 1. The lowest BCUT2D eigenvalue weighted by atomic mass is 10.1. The molecule has 2 aromatic carbocycles. The summed E-state index contributed by atoms with van der Waals surface area (Å²) in [6.45, 7) is 7.15. The van der Waals surface area contributed by atoms with Crippen LogP contribution in [0.2, 0.25) is 0 Å². The molecule has 0 aliphatic carbocycles. The van der Waals surface area contributed by atoms with Crippen LogP contribution in [0.5, 0.6) is 0 Å². The molecule has 25 heavy (non-hydrogen) atoms. The van der Waals surface area contributed by atoms with E-state index in [2.05, 4.69) is 11.9 Å². The van der Waals surface area contributed by atoms with Crippen molar-refractivity contribution in [3.05, 3.63) is 67.0 Å². The van der Waals surface area contributed by atoms with Gasteiger partial charge in [-0.05, 0) is 38.1 Å². The molecule has 1 amide bonds. The Bertz CT molecular complexity index is 972. The van der Waals surface area contributed by atoms with E-state index in [4.69, 9.17) is 0 Å². The van der Waals surface area contributed by atoms with Crippen LogP contribution in [-0.2, 0) is 4.79 Å². The molecule has 0 bridgehead atoms. The summed E-state index contributed by atoms with van der Waals surface area (Å²) in [6, 6.07) is 14.4. The average Bonchev–Trinajstić information content (AvgIpc) is 3.00. The largest absolute Gasteiger partial charge is 0.322 e. The average molecular weight is 334 g/mol. The van der Waals surface area contributed by atoms with Crippen molar-refractivity contribution in [2.75, 3.05) is 5.32 Å². The molecule has 3 rings (SSSR count). The van der Waals surface area contributed by atoms with Gasteiger partial charge in [-0.3, -0.25) is 9.59 Å². The van der Waals surface area contributed by atoms with E-state index >= 15 is 0 Å². The number of Topliss-reactive ketones (excluding diaryl/α,β-unsaturated/α-hetero) is 1. The predicted molar refractivity (Wildman–Crippen MR) is 98.3 cm³/mol. The number of para-hydroxylation sites is 2. The van der Waals surface area contributed by atoms with Crippen LogP contribution >= 0.6 is 0 Å². The lowest BCUT2D eigenvalue weighted by molar-refractivity contribution is -0.680. The second-order valence-corrected chi connectivity index (χ2v) is 5.90. The van der Waals surface area contributed by atoms with E-state index in [1.165, 1.54) is 6.92 Å². The number of nitrogens with zero attached hydrogens (tertiary/aromatic N) is 2. The highest BCUT2D eigenvalue weighted by atomic mass is 16.2. The second-order valence-electron chi connectivity index (χ2n) is 5.90. The van der Waals surface area contributed by atoms with Crippen molar-refractivity contribution in [2.45, 2.75) is 19.9 Å². The quantitative estimate of drug-likeness (QED) is 0.574. The lowest BCUT2D eigenvalue weighted by Gasteiger charge is -2.11. The molecule has 0 saturated heterocycles. The topological polar surface area (TPSA) is 55.0 Å². The maximum atomic E-state index is 12.7. The summed E-state index contributed by atoms with van der Waals surface area (Å²) in [5.41, 5.74) is 3.11. The molecule has 0 spiro atoms. The fourth-order valence-corrected chi connectivity index (χ4v) is 2.80. The number of ketones is 1. The molecule has 1 aromatic heterocycles. The number of aromatic nitrogens is 2. The first-order valence-corrected chi connectivity index (χ1v) is 8.06. The summed E-state index contributed by atoms with van der Waals surface area (Å²) >= 11 is 0. The summed E-state index contributed by atoms with van der Waals surface area (Å²) in [4.78, 5) is 24.2. The van der Waals surface area contributed by atoms with E-state index in [0.29, 0.717) is 11.3 Å². The zero-order valence-corrected chi connectivity index (χ0v) is 14.3. The Hall–Kier alpha value is -3.21. The molecule has 0 saturated carbocycles. The highest BCUT2D eigenvalue weighted by Gasteiger charge is 2.24. The van der Waals surface area contributed by atoms with Crippen LogP contribution in [0, 0.1) is 0 Å². The fraction of sp³-hybridized carbons (Fsp3) is 0.150. The van der Waals surface area contributed by atoms with Crippen LogP contribution in [0.15, 0.2) is 61.4 Å². The Morgan fingerprint density at radius 1 is 1.20 bits per heavy atom. The van der Waals surface area contributed by atoms with Crippen molar-refractivity contribution in [3.63, 3.8) is 0 Å². The number of rotatable bonds is 5. The molecule has 1 atom stereocenters. The van der Waals surface area contributed by atoms with E-state index in [0.717, 1.165) is 11.0 Å². The lowest BCUT2D eigenvalue weighted by Crippen LogP contribution is -2.43. The maximum Gasteiger partial charge on any atom is 0.269 e. The fourth-order valence-electron chi connectivity index (χ4n) is 2.80. The monoisotopic (exact) mass is 334 g/mol. The smallest absolute Gasteiger partial charge is 0.269 e. The number of carbonyl (C=O) groups excluding carboxylic acids is 2. The van der Waals surface area contributed by atoms with Gasteiger partial charge in [0.05, 0.1) is 6.20 Å². The van der Waals surface area contributed by atoms with E-state index in [9.17, 15) is 9.59 Å². The minimum Gasteiger partial charge on any atom is -0.322 e. The van der Waals surface area contributed by atoms with Crippen molar-refractivity contribution in [2.24, 2.45) is 0 Å². The molecular weight excluding hydrogens is 314 g/mol. The van der Waals surface area contributed by atoms with Gasteiger partial charge in [0.25, 0.3) is 5.91 Å². The van der Waals surface area contributed by atoms with Gasteiger partial charge in [0.15, 0.2) is 22.9 Å². The Morgan fingerprint density at radius 2 is 1.96 bits per heavy atom. The molecule has 0 radical (unpaired) electrons. The van der Waals surface area contributed by atoms with E-state index < -0.39 is 6.04 Å². The van der Waals surface area contributed by atoms with Crippen molar-refractivity contribution in [1.82, 2.24) is 4.57 Å². The number of benzene rings is 2. The molecule has 5 heteroatoms. The number of amides is 1. The summed E-state index contributed by atoms with van der Waals surface area (Å²) in [6.07, 6.45) is 3.56. The Morgan fingerprint density at radius 3 is 2.68 bits per heavy atom. The van der Waals surface area contributed by atoms with Crippen molar-refractivity contribution in [3.8, 4) is 0 Å². The molecule has 0 aliphatic heterocycles. The van der Waals surface area contributed by atoms with Crippen LogP contribution in [-0.4, -0.2) is 16.3 Å². The number of hydrogen-bond acceptors (Lipinski definition) is 2. The van der Waals surface area contributed by atoms with Crippen molar-refractivity contribution < 1.29 is 14.2 Å². The Kier molecular flexibility index (Phi) is 4.48. The Balaban J connectivity index is 1.90. The molecule has 1 N–H and O–H groups in total. The van der Waals surface area contributed by atoms with Crippen LogP contribution < -0.4 is 9.88 Å². The van der Waals surface area contributed by atoms with Gasteiger partial charge in [0.1, 0.15) is 0 Å². The van der Waals surface area contributed by atoms with Gasteiger partial charge >= 0.3 is 0 Å². The van der Waals surface area contributed by atoms with E-state index in [1.807, 2.05) is 46.7 Å². The molecular formula is C20H20N3O2+. The Labute approximate surface area is 146 Å². The maximum absolute atomic E-state index is 12.7. The molecule has 3 aromatic rings. The molecule has 1 heterocycles. The van der Waals surface area contributed by atoms with Gasteiger partial charge in [0.2, 0.25) is 6.33 Å². The zero-order valence-electron chi connectivity index (χ0n) is 14.3. The SMILES string of the molecule is C=Cn1c[n+]([C@@H](C)C(=O)Nc2cccc(C(C)=O)c2)c2ccccc21. The summed E-state index contributed by atoms with van der Waals surface area (Å²) < 4.78 is 3.79.